The van der Waals surface area contributed by atoms with Crippen molar-refractivity contribution in [3.8, 4) is 5.75 Å². The van der Waals surface area contributed by atoms with E-state index in [1.807, 2.05) is 54.3 Å². The molecule has 2 aliphatic heterocycles. The maximum Gasteiger partial charge on any atom is 0.265 e. The Labute approximate surface area is 153 Å². The number of amides is 2. The summed E-state index contributed by atoms with van der Waals surface area (Å²) in [6, 6.07) is 13.4. The molecule has 0 spiro atoms. The smallest absolute Gasteiger partial charge is 0.265 e. The van der Waals surface area contributed by atoms with Crippen LogP contribution in [0.5, 0.6) is 5.75 Å². The molecule has 1 fully saturated rings. The predicted molar refractivity (Wildman–Crippen MR) is 99.4 cm³/mol. The van der Waals surface area contributed by atoms with Crippen molar-refractivity contribution in [2.75, 3.05) is 24.6 Å². The van der Waals surface area contributed by atoms with Gasteiger partial charge in [0, 0.05) is 18.7 Å². The van der Waals surface area contributed by atoms with Crippen LogP contribution in [0, 0.1) is 6.92 Å². The summed E-state index contributed by atoms with van der Waals surface area (Å²) in [4.78, 5) is 28.7. The van der Waals surface area contributed by atoms with Gasteiger partial charge < -0.3 is 14.5 Å². The van der Waals surface area contributed by atoms with Crippen LogP contribution in [-0.2, 0) is 11.3 Å². The standard InChI is InChI=1S/C21H22N2O3/c1-15-7-8-18-19(11-15)26-14-20(24)23(18)13-16-5-4-6-17(12-16)21(25)22-9-2-3-10-22/h4-8,11-12H,2-3,9-10,13-14H2,1H3. The van der Waals surface area contributed by atoms with Crippen LogP contribution in [0.3, 0.4) is 0 Å². The fourth-order valence-corrected chi connectivity index (χ4v) is 3.57. The van der Waals surface area contributed by atoms with E-state index in [0.717, 1.165) is 48.5 Å². The lowest BCUT2D eigenvalue weighted by molar-refractivity contribution is -0.121. The number of benzene rings is 2. The molecule has 0 aliphatic carbocycles. The molecule has 2 heterocycles. The third kappa shape index (κ3) is 3.17. The predicted octanol–water partition coefficient (Wildman–Crippen LogP) is 3.16. The van der Waals surface area contributed by atoms with Gasteiger partial charge in [-0.25, -0.2) is 0 Å². The zero-order valence-electron chi connectivity index (χ0n) is 14.9. The van der Waals surface area contributed by atoms with E-state index >= 15 is 0 Å². The van der Waals surface area contributed by atoms with Gasteiger partial charge in [0.1, 0.15) is 5.75 Å². The molecule has 134 valence electrons. The first-order valence-electron chi connectivity index (χ1n) is 9.04. The molecule has 0 bridgehead atoms. The van der Waals surface area contributed by atoms with Crippen LogP contribution in [0.4, 0.5) is 5.69 Å². The lowest BCUT2D eigenvalue weighted by atomic mass is 10.1. The molecular formula is C21H22N2O3. The Morgan fingerprint density at radius 2 is 1.92 bits per heavy atom. The summed E-state index contributed by atoms with van der Waals surface area (Å²) in [6.45, 7) is 4.13. The third-order valence-corrected chi connectivity index (χ3v) is 4.97. The van der Waals surface area contributed by atoms with E-state index in [2.05, 4.69) is 0 Å². The summed E-state index contributed by atoms with van der Waals surface area (Å²) < 4.78 is 5.56. The second-order valence-corrected chi connectivity index (χ2v) is 6.94. The van der Waals surface area contributed by atoms with E-state index in [0.29, 0.717) is 12.1 Å². The summed E-state index contributed by atoms with van der Waals surface area (Å²) in [5.74, 6) is 0.736. The molecule has 5 nitrogen and oxygen atoms in total. The Balaban J connectivity index is 1.59. The lowest BCUT2D eigenvalue weighted by Gasteiger charge is -2.29. The number of anilines is 1. The second kappa shape index (κ2) is 6.83. The average molecular weight is 350 g/mol. The monoisotopic (exact) mass is 350 g/mol. The highest BCUT2D eigenvalue weighted by atomic mass is 16.5. The number of hydrogen-bond acceptors (Lipinski definition) is 3. The second-order valence-electron chi connectivity index (χ2n) is 6.94. The van der Waals surface area contributed by atoms with Gasteiger partial charge in [-0.2, -0.15) is 0 Å². The molecule has 26 heavy (non-hydrogen) atoms. The van der Waals surface area contributed by atoms with Crippen LogP contribution in [0.15, 0.2) is 42.5 Å². The van der Waals surface area contributed by atoms with Crippen LogP contribution in [0.2, 0.25) is 0 Å². The first-order chi connectivity index (χ1) is 12.6. The number of fused-ring (bicyclic) bond motifs is 1. The Hall–Kier alpha value is -2.82. The number of hydrogen-bond donors (Lipinski definition) is 0. The van der Waals surface area contributed by atoms with E-state index < -0.39 is 0 Å². The number of rotatable bonds is 3. The van der Waals surface area contributed by atoms with E-state index in [1.165, 1.54) is 0 Å². The fourth-order valence-electron chi connectivity index (χ4n) is 3.57. The topological polar surface area (TPSA) is 49.9 Å². The van der Waals surface area contributed by atoms with Crippen molar-refractivity contribution in [3.63, 3.8) is 0 Å². The van der Waals surface area contributed by atoms with Gasteiger partial charge in [-0.15, -0.1) is 0 Å². The van der Waals surface area contributed by atoms with Gasteiger partial charge in [0.15, 0.2) is 6.61 Å². The average Bonchev–Trinajstić information content (AvgIpc) is 3.18. The summed E-state index contributed by atoms with van der Waals surface area (Å²) in [7, 11) is 0. The van der Waals surface area contributed by atoms with Crippen LogP contribution >= 0.6 is 0 Å². The zero-order chi connectivity index (χ0) is 18.1. The minimum Gasteiger partial charge on any atom is -0.482 e. The largest absolute Gasteiger partial charge is 0.482 e. The summed E-state index contributed by atoms with van der Waals surface area (Å²) >= 11 is 0. The third-order valence-electron chi connectivity index (χ3n) is 4.97. The number of nitrogens with zero attached hydrogens (tertiary/aromatic N) is 2. The van der Waals surface area contributed by atoms with Crippen molar-refractivity contribution in [3.05, 3.63) is 59.2 Å². The van der Waals surface area contributed by atoms with E-state index in [4.69, 9.17) is 4.74 Å². The highest BCUT2D eigenvalue weighted by molar-refractivity contribution is 5.98. The first kappa shape index (κ1) is 16.6. The Kier molecular flexibility index (Phi) is 4.37. The van der Waals surface area contributed by atoms with Gasteiger partial charge in [-0.3, -0.25) is 9.59 Å². The van der Waals surface area contributed by atoms with Crippen molar-refractivity contribution in [1.82, 2.24) is 4.90 Å². The molecule has 1 saturated heterocycles. The molecule has 0 N–H and O–H groups in total. The van der Waals surface area contributed by atoms with Crippen molar-refractivity contribution in [1.29, 1.82) is 0 Å². The molecule has 2 amide bonds. The van der Waals surface area contributed by atoms with Crippen molar-refractivity contribution in [2.24, 2.45) is 0 Å². The minimum atomic E-state index is -0.0716. The molecule has 2 aliphatic rings. The summed E-state index contributed by atoms with van der Waals surface area (Å²) in [6.07, 6.45) is 2.15. The van der Waals surface area contributed by atoms with Crippen LogP contribution < -0.4 is 9.64 Å². The maximum atomic E-state index is 12.6. The molecule has 4 rings (SSSR count). The normalized spacial score (nSPS) is 16.4. The number of carbonyl (C=O) groups excluding carboxylic acids is 2. The molecular weight excluding hydrogens is 328 g/mol. The maximum absolute atomic E-state index is 12.6. The van der Waals surface area contributed by atoms with Crippen molar-refractivity contribution < 1.29 is 14.3 Å². The van der Waals surface area contributed by atoms with Crippen molar-refractivity contribution >= 4 is 17.5 Å². The van der Waals surface area contributed by atoms with Gasteiger partial charge in [-0.1, -0.05) is 18.2 Å². The molecule has 5 heteroatoms. The van der Waals surface area contributed by atoms with E-state index in [-0.39, 0.29) is 18.4 Å². The van der Waals surface area contributed by atoms with Gasteiger partial charge in [0.05, 0.1) is 12.2 Å². The number of likely N-dealkylation sites (tertiary alicyclic amines) is 1. The molecule has 0 saturated carbocycles. The molecule has 2 aromatic carbocycles. The Morgan fingerprint density at radius 3 is 2.73 bits per heavy atom. The molecule has 0 radical (unpaired) electrons. The fraction of sp³-hybridized carbons (Fsp3) is 0.333. The van der Waals surface area contributed by atoms with Gasteiger partial charge >= 0.3 is 0 Å². The quantitative estimate of drug-likeness (QED) is 0.854. The summed E-state index contributed by atoms with van der Waals surface area (Å²) in [5, 5.41) is 0. The van der Waals surface area contributed by atoms with E-state index in [9.17, 15) is 9.59 Å². The SMILES string of the molecule is Cc1ccc2c(c1)OCC(=O)N2Cc1cccc(C(=O)N2CCCC2)c1. The minimum absolute atomic E-state index is 0.0445. The van der Waals surface area contributed by atoms with Crippen molar-refractivity contribution in [2.45, 2.75) is 26.3 Å². The molecule has 0 aromatic heterocycles. The first-order valence-corrected chi connectivity index (χ1v) is 9.04. The van der Waals surface area contributed by atoms with Gasteiger partial charge in [0.25, 0.3) is 11.8 Å². The van der Waals surface area contributed by atoms with Crippen LogP contribution in [-0.4, -0.2) is 36.4 Å². The van der Waals surface area contributed by atoms with Gasteiger partial charge in [0.2, 0.25) is 0 Å². The lowest BCUT2D eigenvalue weighted by Crippen LogP contribution is -2.38. The molecule has 2 aromatic rings. The highest BCUT2D eigenvalue weighted by Crippen LogP contribution is 2.33. The Morgan fingerprint density at radius 1 is 1.12 bits per heavy atom. The zero-order valence-corrected chi connectivity index (χ0v) is 14.9. The number of aryl methyl sites for hydroxylation is 1. The van der Waals surface area contributed by atoms with Crippen LogP contribution in [0.25, 0.3) is 0 Å². The number of carbonyl (C=O) groups is 2. The molecule has 0 atom stereocenters. The van der Waals surface area contributed by atoms with Gasteiger partial charge in [-0.05, 0) is 55.2 Å². The Bertz CT molecular complexity index is 856. The summed E-state index contributed by atoms with van der Waals surface area (Å²) in [5.41, 5.74) is 3.51. The number of ether oxygens (including phenoxy) is 1. The van der Waals surface area contributed by atoms with E-state index in [1.54, 1.807) is 4.90 Å². The van der Waals surface area contributed by atoms with Crippen LogP contribution in [0.1, 0.15) is 34.3 Å². The highest BCUT2D eigenvalue weighted by Gasteiger charge is 2.26. The molecule has 0 unspecified atom stereocenters.